The fourth-order valence-electron chi connectivity index (χ4n) is 2.69. The molecule has 0 aliphatic carbocycles. The Morgan fingerprint density at radius 1 is 1.56 bits per heavy atom. The third-order valence-electron chi connectivity index (χ3n) is 3.71. The predicted octanol–water partition coefficient (Wildman–Crippen LogP) is 0.624. The van der Waals surface area contributed by atoms with Crippen molar-refractivity contribution in [1.29, 1.82) is 0 Å². The Kier molecular flexibility index (Phi) is 5.56. The topological polar surface area (TPSA) is 64.8 Å². The largest absolute Gasteiger partial charge is 0.468 e. The molecule has 1 heterocycles. The van der Waals surface area contributed by atoms with Crippen LogP contribution in [0.4, 0.5) is 0 Å². The number of hydrogen-bond acceptors (Lipinski definition) is 5. The van der Waals surface area contributed by atoms with E-state index in [1.54, 1.807) is 14.0 Å². The molecule has 0 spiro atoms. The summed E-state index contributed by atoms with van der Waals surface area (Å²) < 4.78 is 9.92. The van der Waals surface area contributed by atoms with Crippen molar-refractivity contribution in [3.8, 4) is 0 Å². The Balaban J connectivity index is 2.46. The van der Waals surface area contributed by atoms with Crippen molar-refractivity contribution in [2.24, 2.45) is 11.7 Å². The number of nitrogens with zero attached hydrogens (tertiary/aromatic N) is 1. The highest BCUT2D eigenvalue weighted by Crippen LogP contribution is 2.23. The van der Waals surface area contributed by atoms with Gasteiger partial charge in [0.2, 0.25) is 0 Å². The fraction of sp³-hybridized carbons (Fsp3) is 0.923. The lowest BCUT2D eigenvalue weighted by molar-refractivity contribution is -0.147. The summed E-state index contributed by atoms with van der Waals surface area (Å²) in [6.07, 6.45) is 1.76. The second-order valence-electron chi connectivity index (χ2n) is 5.57. The minimum absolute atomic E-state index is 0.279. The van der Waals surface area contributed by atoms with Crippen LogP contribution in [0.15, 0.2) is 0 Å². The highest BCUT2D eigenvalue weighted by molar-refractivity contribution is 5.79. The first-order chi connectivity index (χ1) is 8.40. The molecule has 0 aromatic carbocycles. The van der Waals surface area contributed by atoms with Crippen molar-refractivity contribution in [2.45, 2.75) is 38.3 Å². The van der Waals surface area contributed by atoms with Crippen molar-refractivity contribution >= 4 is 5.97 Å². The smallest absolute Gasteiger partial charge is 0.325 e. The highest BCUT2D eigenvalue weighted by atomic mass is 16.5. The van der Waals surface area contributed by atoms with Gasteiger partial charge in [0.15, 0.2) is 0 Å². The summed E-state index contributed by atoms with van der Waals surface area (Å²) >= 11 is 0. The molecule has 0 bridgehead atoms. The van der Waals surface area contributed by atoms with Crippen LogP contribution in [-0.2, 0) is 14.3 Å². The second-order valence-corrected chi connectivity index (χ2v) is 5.57. The standard InChI is InChI=1S/C13H26N2O3/c1-10(7-13(2,14)12(16)18-4)15-6-5-11(8-15)9-17-3/h10-11H,5-9,14H2,1-4H3. The number of ether oxygens (including phenoxy) is 2. The van der Waals surface area contributed by atoms with Crippen LogP contribution in [0.5, 0.6) is 0 Å². The summed E-state index contributed by atoms with van der Waals surface area (Å²) in [7, 11) is 3.11. The molecule has 2 N–H and O–H groups in total. The van der Waals surface area contributed by atoms with Gasteiger partial charge in [0.05, 0.1) is 13.7 Å². The van der Waals surface area contributed by atoms with Crippen molar-refractivity contribution < 1.29 is 14.3 Å². The van der Waals surface area contributed by atoms with Gasteiger partial charge >= 0.3 is 5.97 Å². The lowest BCUT2D eigenvalue weighted by atomic mass is 9.94. The zero-order chi connectivity index (χ0) is 13.8. The molecule has 0 amide bonds. The summed E-state index contributed by atoms with van der Waals surface area (Å²) in [6, 6.07) is 0.279. The van der Waals surface area contributed by atoms with Gasteiger partial charge in [-0.15, -0.1) is 0 Å². The Hall–Kier alpha value is -0.650. The van der Waals surface area contributed by atoms with E-state index in [0.717, 1.165) is 26.1 Å². The number of carbonyl (C=O) groups is 1. The van der Waals surface area contributed by atoms with Crippen LogP contribution in [0, 0.1) is 5.92 Å². The minimum Gasteiger partial charge on any atom is -0.468 e. The van der Waals surface area contributed by atoms with Gasteiger partial charge in [0.25, 0.3) is 0 Å². The number of nitrogens with two attached hydrogens (primary N) is 1. The van der Waals surface area contributed by atoms with E-state index >= 15 is 0 Å². The van der Waals surface area contributed by atoms with E-state index < -0.39 is 5.54 Å². The molecule has 5 heteroatoms. The maximum Gasteiger partial charge on any atom is 0.325 e. The fourth-order valence-corrected chi connectivity index (χ4v) is 2.69. The highest BCUT2D eigenvalue weighted by Gasteiger charge is 2.35. The maximum absolute atomic E-state index is 11.6. The molecule has 0 aromatic rings. The number of esters is 1. The van der Waals surface area contributed by atoms with E-state index in [1.165, 1.54) is 7.11 Å². The molecule has 18 heavy (non-hydrogen) atoms. The lowest BCUT2D eigenvalue weighted by Crippen LogP contribution is -2.50. The number of methoxy groups -OCH3 is 2. The molecule has 1 aliphatic rings. The Morgan fingerprint density at radius 2 is 2.22 bits per heavy atom. The number of carbonyl (C=O) groups excluding carboxylic acids is 1. The Labute approximate surface area is 110 Å². The molecule has 0 saturated carbocycles. The monoisotopic (exact) mass is 258 g/mol. The van der Waals surface area contributed by atoms with E-state index in [-0.39, 0.29) is 12.0 Å². The van der Waals surface area contributed by atoms with Gasteiger partial charge in [0.1, 0.15) is 5.54 Å². The van der Waals surface area contributed by atoms with E-state index in [4.69, 9.17) is 15.2 Å². The minimum atomic E-state index is -0.909. The SMILES string of the molecule is COCC1CCN(C(C)CC(C)(N)C(=O)OC)C1. The molecular formula is C13H26N2O3. The molecular weight excluding hydrogens is 232 g/mol. The van der Waals surface area contributed by atoms with Gasteiger partial charge in [-0.05, 0) is 39.2 Å². The molecule has 0 radical (unpaired) electrons. The quantitative estimate of drug-likeness (QED) is 0.708. The van der Waals surface area contributed by atoms with E-state index in [2.05, 4.69) is 11.8 Å². The van der Waals surface area contributed by atoms with Crippen molar-refractivity contribution in [3.05, 3.63) is 0 Å². The molecule has 3 atom stereocenters. The van der Waals surface area contributed by atoms with Crippen molar-refractivity contribution in [1.82, 2.24) is 4.90 Å². The van der Waals surface area contributed by atoms with Gasteiger partial charge in [0, 0.05) is 19.7 Å². The van der Waals surface area contributed by atoms with Crippen molar-refractivity contribution in [2.75, 3.05) is 33.9 Å². The molecule has 1 rings (SSSR count). The normalized spacial score (nSPS) is 25.7. The van der Waals surface area contributed by atoms with Gasteiger partial charge < -0.3 is 20.1 Å². The first-order valence-electron chi connectivity index (χ1n) is 6.51. The van der Waals surface area contributed by atoms with Gasteiger partial charge in [-0.1, -0.05) is 0 Å². The lowest BCUT2D eigenvalue weighted by Gasteiger charge is -2.31. The van der Waals surface area contributed by atoms with Gasteiger partial charge in [-0.3, -0.25) is 4.79 Å². The first-order valence-corrected chi connectivity index (χ1v) is 6.51. The van der Waals surface area contributed by atoms with Crippen molar-refractivity contribution in [3.63, 3.8) is 0 Å². The molecule has 1 fully saturated rings. The summed E-state index contributed by atoms with van der Waals surface area (Å²) in [4.78, 5) is 13.9. The van der Waals surface area contributed by atoms with Crippen LogP contribution in [0.2, 0.25) is 0 Å². The van der Waals surface area contributed by atoms with E-state index in [0.29, 0.717) is 12.3 Å². The van der Waals surface area contributed by atoms with Crippen LogP contribution < -0.4 is 5.73 Å². The van der Waals surface area contributed by atoms with Gasteiger partial charge in [-0.25, -0.2) is 0 Å². The van der Waals surface area contributed by atoms with Crippen LogP contribution in [-0.4, -0.2) is 56.4 Å². The number of rotatable bonds is 6. The van der Waals surface area contributed by atoms with Crippen LogP contribution in [0.3, 0.4) is 0 Å². The molecule has 1 aliphatic heterocycles. The predicted molar refractivity (Wildman–Crippen MR) is 70.2 cm³/mol. The third-order valence-corrected chi connectivity index (χ3v) is 3.71. The molecule has 0 aromatic heterocycles. The second kappa shape index (κ2) is 6.50. The maximum atomic E-state index is 11.6. The zero-order valence-corrected chi connectivity index (χ0v) is 11.9. The van der Waals surface area contributed by atoms with Gasteiger partial charge in [-0.2, -0.15) is 0 Å². The zero-order valence-electron chi connectivity index (χ0n) is 11.9. The summed E-state index contributed by atoms with van der Waals surface area (Å²) in [5.74, 6) is 0.251. The third kappa shape index (κ3) is 3.93. The average molecular weight is 258 g/mol. The number of likely N-dealkylation sites (tertiary alicyclic amines) is 1. The summed E-state index contributed by atoms with van der Waals surface area (Å²) in [5.41, 5.74) is 5.10. The molecule has 1 saturated heterocycles. The van der Waals surface area contributed by atoms with Crippen LogP contribution in [0.1, 0.15) is 26.7 Å². The molecule has 106 valence electrons. The first kappa shape index (κ1) is 15.4. The Bertz CT molecular complexity index is 281. The van der Waals surface area contributed by atoms with E-state index in [9.17, 15) is 4.79 Å². The number of hydrogen-bond donors (Lipinski definition) is 1. The van der Waals surface area contributed by atoms with Crippen LogP contribution in [0.25, 0.3) is 0 Å². The molecule has 3 unspecified atom stereocenters. The average Bonchev–Trinajstić information content (AvgIpc) is 2.76. The Morgan fingerprint density at radius 3 is 2.78 bits per heavy atom. The van der Waals surface area contributed by atoms with E-state index in [1.807, 2.05) is 0 Å². The summed E-state index contributed by atoms with van der Waals surface area (Å²) in [5, 5.41) is 0. The summed E-state index contributed by atoms with van der Waals surface area (Å²) in [6.45, 7) is 6.72. The van der Waals surface area contributed by atoms with Crippen LogP contribution >= 0.6 is 0 Å². The molecule has 5 nitrogen and oxygen atoms in total.